The number of rotatable bonds is 5. The molecular weight excluding hydrogens is 282 g/mol. The minimum Gasteiger partial charge on any atom is -0.345 e. The summed E-state index contributed by atoms with van der Waals surface area (Å²) in [5, 5.41) is 3.90. The highest BCUT2D eigenvalue weighted by Crippen LogP contribution is 2.21. The zero-order valence-electron chi connectivity index (χ0n) is 12.6. The molecule has 0 aliphatic heterocycles. The highest BCUT2D eigenvalue weighted by atomic mass is 32.1. The summed E-state index contributed by atoms with van der Waals surface area (Å²) in [6, 6.07) is 10.1. The van der Waals surface area contributed by atoms with Crippen molar-refractivity contribution in [1.82, 2.24) is 10.3 Å². The molecule has 112 valence electrons. The summed E-state index contributed by atoms with van der Waals surface area (Å²) >= 11 is 1.45. The number of nitrogens with two attached hydrogens (primary N) is 1. The van der Waals surface area contributed by atoms with E-state index in [4.69, 9.17) is 5.73 Å². The zero-order valence-corrected chi connectivity index (χ0v) is 13.5. The van der Waals surface area contributed by atoms with Gasteiger partial charge < -0.3 is 11.1 Å². The molecule has 1 heterocycles. The van der Waals surface area contributed by atoms with Gasteiger partial charge in [0, 0.05) is 18.5 Å². The fourth-order valence-corrected chi connectivity index (χ4v) is 2.92. The van der Waals surface area contributed by atoms with Gasteiger partial charge in [0.05, 0.1) is 10.7 Å². The maximum absolute atomic E-state index is 12.3. The van der Waals surface area contributed by atoms with E-state index in [9.17, 15) is 4.79 Å². The van der Waals surface area contributed by atoms with Gasteiger partial charge in [0.25, 0.3) is 5.91 Å². The third-order valence-corrected chi connectivity index (χ3v) is 4.36. The lowest BCUT2D eigenvalue weighted by atomic mass is 10.1. The third kappa shape index (κ3) is 4.12. The molecule has 0 saturated heterocycles. The number of thiazole rings is 1. The number of aromatic nitrogens is 1. The summed E-state index contributed by atoms with van der Waals surface area (Å²) in [5.74, 6) is -0.0974. The van der Waals surface area contributed by atoms with E-state index in [2.05, 4.69) is 22.4 Å². The minimum absolute atomic E-state index is 0.0974. The second-order valence-corrected chi connectivity index (χ2v) is 6.81. The molecule has 0 unspecified atom stereocenters. The Morgan fingerprint density at radius 3 is 2.62 bits per heavy atom. The lowest BCUT2D eigenvalue weighted by molar-refractivity contribution is 0.0919. The Morgan fingerprint density at radius 2 is 2.00 bits per heavy atom. The first-order chi connectivity index (χ1) is 9.91. The first kappa shape index (κ1) is 15.7. The van der Waals surface area contributed by atoms with Crippen molar-refractivity contribution in [2.45, 2.75) is 32.7 Å². The largest absolute Gasteiger partial charge is 0.345 e. The van der Waals surface area contributed by atoms with Gasteiger partial charge in [-0.3, -0.25) is 4.79 Å². The van der Waals surface area contributed by atoms with Crippen molar-refractivity contribution in [2.75, 3.05) is 6.54 Å². The molecule has 4 nitrogen and oxygen atoms in total. The van der Waals surface area contributed by atoms with E-state index < -0.39 is 5.54 Å². The molecule has 0 saturated carbocycles. The molecule has 0 spiro atoms. The van der Waals surface area contributed by atoms with Gasteiger partial charge in [-0.2, -0.15) is 0 Å². The molecule has 3 N–H and O–H groups in total. The Hall–Kier alpha value is -1.72. The summed E-state index contributed by atoms with van der Waals surface area (Å²) in [4.78, 5) is 17.5. The van der Waals surface area contributed by atoms with Crippen molar-refractivity contribution in [1.29, 1.82) is 0 Å². The highest BCUT2D eigenvalue weighted by Gasteiger charge is 2.22. The molecular formula is C16H21N3OS. The Balaban J connectivity index is 2.14. The molecule has 2 aromatic rings. The van der Waals surface area contributed by atoms with Crippen LogP contribution in [0.3, 0.4) is 0 Å². The van der Waals surface area contributed by atoms with E-state index >= 15 is 0 Å². The van der Waals surface area contributed by atoms with Gasteiger partial charge in [-0.15, -0.1) is 11.3 Å². The Labute approximate surface area is 129 Å². The third-order valence-electron chi connectivity index (χ3n) is 3.21. The number of hydrogen-bond donors (Lipinski definition) is 2. The average Bonchev–Trinajstić information content (AvgIpc) is 2.80. The van der Waals surface area contributed by atoms with Crippen LogP contribution in [0.4, 0.5) is 0 Å². The van der Waals surface area contributed by atoms with Crippen molar-refractivity contribution in [3.63, 3.8) is 0 Å². The number of nitrogens with one attached hydrogen (secondary N) is 1. The van der Waals surface area contributed by atoms with Gasteiger partial charge in [-0.1, -0.05) is 30.3 Å². The molecule has 0 fully saturated rings. The number of carbonyl (C=O) groups excluding carboxylic acids is 1. The standard InChI is InChI=1S/C16H21N3OS/c1-11-14(15(20)19-16(2,3)10-17)21-13(18-11)9-12-7-5-4-6-8-12/h4-8H,9-10,17H2,1-3H3,(H,19,20). The minimum atomic E-state index is -0.410. The van der Waals surface area contributed by atoms with Crippen LogP contribution < -0.4 is 11.1 Å². The van der Waals surface area contributed by atoms with Crippen LogP contribution in [-0.4, -0.2) is 23.0 Å². The first-order valence-electron chi connectivity index (χ1n) is 6.94. The smallest absolute Gasteiger partial charge is 0.263 e. The van der Waals surface area contributed by atoms with Crippen molar-refractivity contribution in [2.24, 2.45) is 5.73 Å². The van der Waals surface area contributed by atoms with Gasteiger partial charge in [0.2, 0.25) is 0 Å². The molecule has 1 amide bonds. The van der Waals surface area contributed by atoms with Crippen LogP contribution in [0.15, 0.2) is 30.3 Å². The lowest BCUT2D eigenvalue weighted by Gasteiger charge is -2.23. The summed E-state index contributed by atoms with van der Waals surface area (Å²) in [7, 11) is 0. The summed E-state index contributed by atoms with van der Waals surface area (Å²) in [6.07, 6.45) is 0.750. The predicted molar refractivity (Wildman–Crippen MR) is 86.7 cm³/mol. The monoisotopic (exact) mass is 303 g/mol. The topological polar surface area (TPSA) is 68.0 Å². The number of amides is 1. The second kappa shape index (κ2) is 6.37. The predicted octanol–water partition coefficient (Wildman–Crippen LogP) is 2.51. The average molecular weight is 303 g/mol. The summed E-state index contributed by atoms with van der Waals surface area (Å²) < 4.78 is 0. The van der Waals surface area contributed by atoms with E-state index in [1.54, 1.807) is 0 Å². The Bertz CT molecular complexity index is 620. The first-order valence-corrected chi connectivity index (χ1v) is 7.76. The van der Waals surface area contributed by atoms with Gasteiger partial charge in [-0.25, -0.2) is 4.98 Å². The molecule has 21 heavy (non-hydrogen) atoms. The molecule has 0 radical (unpaired) electrons. The molecule has 0 atom stereocenters. The second-order valence-electron chi connectivity index (χ2n) is 5.73. The normalized spacial score (nSPS) is 11.4. The maximum Gasteiger partial charge on any atom is 0.263 e. The molecule has 0 bridgehead atoms. The molecule has 0 aliphatic carbocycles. The van der Waals surface area contributed by atoms with Crippen LogP contribution in [0.2, 0.25) is 0 Å². The molecule has 1 aromatic heterocycles. The van der Waals surface area contributed by atoms with Crippen LogP contribution in [-0.2, 0) is 6.42 Å². The van der Waals surface area contributed by atoms with Gasteiger partial charge in [0.15, 0.2) is 0 Å². The van der Waals surface area contributed by atoms with E-state index in [0.29, 0.717) is 11.4 Å². The van der Waals surface area contributed by atoms with E-state index in [1.807, 2.05) is 39.0 Å². The Morgan fingerprint density at radius 1 is 1.33 bits per heavy atom. The van der Waals surface area contributed by atoms with Crippen molar-refractivity contribution < 1.29 is 4.79 Å². The SMILES string of the molecule is Cc1nc(Cc2ccccc2)sc1C(=O)NC(C)(C)CN. The van der Waals surface area contributed by atoms with E-state index in [1.165, 1.54) is 16.9 Å². The van der Waals surface area contributed by atoms with Crippen LogP contribution >= 0.6 is 11.3 Å². The Kier molecular flexibility index (Phi) is 4.75. The van der Waals surface area contributed by atoms with Crippen LogP contribution in [0.25, 0.3) is 0 Å². The van der Waals surface area contributed by atoms with Crippen molar-refractivity contribution in [3.05, 3.63) is 51.5 Å². The molecule has 0 aliphatic rings. The van der Waals surface area contributed by atoms with Crippen molar-refractivity contribution >= 4 is 17.2 Å². The molecule has 5 heteroatoms. The highest BCUT2D eigenvalue weighted by molar-refractivity contribution is 7.13. The fourth-order valence-electron chi connectivity index (χ4n) is 1.92. The van der Waals surface area contributed by atoms with E-state index in [-0.39, 0.29) is 5.91 Å². The van der Waals surface area contributed by atoms with E-state index in [0.717, 1.165) is 17.1 Å². The lowest BCUT2D eigenvalue weighted by Crippen LogP contribution is -2.48. The fraction of sp³-hybridized carbons (Fsp3) is 0.375. The van der Waals surface area contributed by atoms with Gasteiger partial charge in [-0.05, 0) is 26.3 Å². The summed E-state index contributed by atoms with van der Waals surface area (Å²) in [6.45, 7) is 6.08. The van der Waals surface area contributed by atoms with Crippen LogP contribution in [0.1, 0.15) is 39.8 Å². The maximum atomic E-state index is 12.3. The van der Waals surface area contributed by atoms with Crippen LogP contribution in [0.5, 0.6) is 0 Å². The number of benzene rings is 1. The van der Waals surface area contributed by atoms with Gasteiger partial charge >= 0.3 is 0 Å². The van der Waals surface area contributed by atoms with Gasteiger partial charge in [0.1, 0.15) is 4.88 Å². The zero-order chi connectivity index (χ0) is 15.5. The number of hydrogen-bond acceptors (Lipinski definition) is 4. The molecule has 1 aromatic carbocycles. The number of carbonyl (C=O) groups is 1. The summed E-state index contributed by atoms with van der Waals surface area (Å²) in [5.41, 5.74) is 7.21. The number of nitrogens with zero attached hydrogens (tertiary/aromatic N) is 1. The van der Waals surface area contributed by atoms with Crippen LogP contribution in [0, 0.1) is 6.92 Å². The quantitative estimate of drug-likeness (QED) is 0.892. The number of aryl methyl sites for hydroxylation is 1. The van der Waals surface area contributed by atoms with Crippen molar-refractivity contribution in [3.8, 4) is 0 Å². The molecule has 2 rings (SSSR count).